The van der Waals surface area contributed by atoms with Gasteiger partial charge in [-0.2, -0.15) is 0 Å². The van der Waals surface area contributed by atoms with Crippen LogP contribution >= 0.6 is 43.5 Å². The minimum atomic E-state index is -0.974. The van der Waals surface area contributed by atoms with E-state index in [9.17, 15) is 4.79 Å². The molecule has 2 nitrogen and oxygen atoms in total. The van der Waals surface area contributed by atoms with Crippen LogP contribution in [0.25, 0.3) is 0 Å². The SMILES string of the molecule is O=C(O)c1cc(Br)cc(Br)c1CCl. The van der Waals surface area contributed by atoms with Gasteiger partial charge in [-0.15, -0.1) is 11.6 Å². The molecule has 70 valence electrons. The molecule has 0 bridgehead atoms. The first-order valence-corrected chi connectivity index (χ1v) is 5.45. The number of alkyl halides is 1. The minimum absolute atomic E-state index is 0.176. The molecule has 0 aliphatic heterocycles. The lowest BCUT2D eigenvalue weighted by Crippen LogP contribution is -2.01. The summed E-state index contributed by atoms with van der Waals surface area (Å²) in [6.45, 7) is 0. The van der Waals surface area contributed by atoms with Gasteiger partial charge in [0.15, 0.2) is 0 Å². The molecule has 1 aromatic rings. The fourth-order valence-electron chi connectivity index (χ4n) is 0.930. The van der Waals surface area contributed by atoms with E-state index < -0.39 is 5.97 Å². The molecule has 0 spiro atoms. The number of carbonyl (C=O) groups is 1. The Hall–Kier alpha value is -0.0600. The van der Waals surface area contributed by atoms with Crippen molar-refractivity contribution in [1.29, 1.82) is 0 Å². The largest absolute Gasteiger partial charge is 0.478 e. The van der Waals surface area contributed by atoms with Crippen molar-refractivity contribution in [2.45, 2.75) is 5.88 Å². The van der Waals surface area contributed by atoms with Crippen molar-refractivity contribution in [3.63, 3.8) is 0 Å². The van der Waals surface area contributed by atoms with Gasteiger partial charge in [0, 0.05) is 14.8 Å². The van der Waals surface area contributed by atoms with Gasteiger partial charge >= 0.3 is 5.97 Å². The molecule has 0 fully saturated rings. The van der Waals surface area contributed by atoms with Crippen LogP contribution in [0.5, 0.6) is 0 Å². The zero-order valence-electron chi connectivity index (χ0n) is 6.35. The fourth-order valence-corrected chi connectivity index (χ4v) is 2.74. The van der Waals surface area contributed by atoms with Gasteiger partial charge in [-0.3, -0.25) is 0 Å². The third-order valence-electron chi connectivity index (χ3n) is 1.52. The zero-order chi connectivity index (χ0) is 10.0. The van der Waals surface area contributed by atoms with E-state index in [-0.39, 0.29) is 11.4 Å². The van der Waals surface area contributed by atoms with Crippen LogP contribution in [0.1, 0.15) is 15.9 Å². The molecule has 1 rings (SSSR count). The van der Waals surface area contributed by atoms with E-state index in [0.717, 1.165) is 0 Å². The Morgan fingerprint density at radius 3 is 2.54 bits per heavy atom. The monoisotopic (exact) mass is 326 g/mol. The molecule has 1 aromatic carbocycles. The van der Waals surface area contributed by atoms with Crippen molar-refractivity contribution in [2.75, 3.05) is 0 Å². The van der Waals surface area contributed by atoms with Crippen molar-refractivity contribution in [1.82, 2.24) is 0 Å². The second-order valence-electron chi connectivity index (χ2n) is 2.35. The predicted molar refractivity (Wildman–Crippen MR) is 58.4 cm³/mol. The topological polar surface area (TPSA) is 37.3 Å². The van der Waals surface area contributed by atoms with Gasteiger partial charge in [0.25, 0.3) is 0 Å². The van der Waals surface area contributed by atoms with Crippen molar-refractivity contribution in [2.24, 2.45) is 0 Å². The second-order valence-corrected chi connectivity index (χ2v) is 4.39. The Kier molecular flexibility index (Phi) is 3.76. The number of rotatable bonds is 2. The van der Waals surface area contributed by atoms with Gasteiger partial charge in [0.1, 0.15) is 0 Å². The Labute approximate surface area is 97.2 Å². The Morgan fingerprint density at radius 1 is 1.46 bits per heavy atom. The second kappa shape index (κ2) is 4.44. The molecule has 0 radical (unpaired) electrons. The lowest BCUT2D eigenvalue weighted by molar-refractivity contribution is 0.0696. The number of hydrogen-bond donors (Lipinski definition) is 1. The molecule has 0 amide bonds. The molecule has 0 aromatic heterocycles. The van der Waals surface area contributed by atoms with Crippen LogP contribution in [-0.4, -0.2) is 11.1 Å². The van der Waals surface area contributed by atoms with E-state index in [4.69, 9.17) is 16.7 Å². The first-order chi connectivity index (χ1) is 6.06. The number of benzene rings is 1. The Bertz CT molecular complexity index is 352. The minimum Gasteiger partial charge on any atom is -0.478 e. The lowest BCUT2D eigenvalue weighted by atomic mass is 10.1. The number of halogens is 3. The predicted octanol–water partition coefficient (Wildman–Crippen LogP) is 3.65. The van der Waals surface area contributed by atoms with E-state index in [1.54, 1.807) is 6.07 Å². The third-order valence-corrected chi connectivity index (χ3v) is 2.96. The highest BCUT2D eigenvalue weighted by Crippen LogP contribution is 2.27. The maximum Gasteiger partial charge on any atom is 0.336 e. The summed E-state index contributed by atoms with van der Waals surface area (Å²) in [5.41, 5.74) is 0.814. The quantitative estimate of drug-likeness (QED) is 0.842. The summed E-state index contributed by atoms with van der Waals surface area (Å²) in [6, 6.07) is 3.30. The summed E-state index contributed by atoms with van der Waals surface area (Å²) < 4.78 is 1.42. The molecule has 0 aliphatic rings. The van der Waals surface area contributed by atoms with Gasteiger partial charge < -0.3 is 5.11 Å². The molecule has 0 aliphatic carbocycles. The first-order valence-electron chi connectivity index (χ1n) is 3.33. The maximum atomic E-state index is 10.8. The highest BCUT2D eigenvalue weighted by molar-refractivity contribution is 9.11. The van der Waals surface area contributed by atoms with E-state index in [0.29, 0.717) is 14.5 Å². The maximum absolute atomic E-state index is 10.8. The van der Waals surface area contributed by atoms with Crippen LogP contribution in [-0.2, 0) is 5.88 Å². The molecule has 1 N–H and O–H groups in total. The average Bonchev–Trinajstić information content (AvgIpc) is 2.02. The summed E-state index contributed by atoms with van der Waals surface area (Å²) in [7, 11) is 0. The van der Waals surface area contributed by atoms with E-state index in [2.05, 4.69) is 31.9 Å². The standard InChI is InChI=1S/C8H5Br2ClO2/c9-4-1-5(8(12)13)6(3-11)7(10)2-4/h1-2H,3H2,(H,12,13). The molecule has 0 unspecified atom stereocenters. The molecule has 0 saturated heterocycles. The summed E-state index contributed by atoms with van der Waals surface area (Å²) in [4.78, 5) is 10.8. The molecule has 0 saturated carbocycles. The van der Waals surface area contributed by atoms with E-state index in [1.165, 1.54) is 6.07 Å². The van der Waals surface area contributed by atoms with Gasteiger partial charge in [-0.05, 0) is 17.7 Å². The fraction of sp³-hybridized carbons (Fsp3) is 0.125. The van der Waals surface area contributed by atoms with Crippen LogP contribution in [0.4, 0.5) is 0 Å². The van der Waals surface area contributed by atoms with E-state index >= 15 is 0 Å². The average molecular weight is 328 g/mol. The smallest absolute Gasteiger partial charge is 0.336 e. The van der Waals surface area contributed by atoms with Crippen LogP contribution in [0.2, 0.25) is 0 Å². The first kappa shape index (κ1) is 11.0. The zero-order valence-corrected chi connectivity index (χ0v) is 10.3. The number of carboxylic acids is 1. The lowest BCUT2D eigenvalue weighted by Gasteiger charge is -2.05. The van der Waals surface area contributed by atoms with Crippen molar-refractivity contribution >= 4 is 49.4 Å². The van der Waals surface area contributed by atoms with Gasteiger partial charge in [0.2, 0.25) is 0 Å². The summed E-state index contributed by atoms with van der Waals surface area (Å²) in [5, 5.41) is 8.85. The molecule has 0 heterocycles. The van der Waals surface area contributed by atoms with Crippen molar-refractivity contribution in [3.05, 3.63) is 32.2 Å². The Morgan fingerprint density at radius 2 is 2.08 bits per heavy atom. The van der Waals surface area contributed by atoms with Crippen LogP contribution in [0.15, 0.2) is 21.1 Å². The Balaban J connectivity index is 3.38. The highest BCUT2D eigenvalue weighted by atomic mass is 79.9. The molecular formula is C8H5Br2ClO2. The molecule has 5 heteroatoms. The van der Waals surface area contributed by atoms with Gasteiger partial charge in [-0.1, -0.05) is 31.9 Å². The van der Waals surface area contributed by atoms with Crippen LogP contribution in [0, 0.1) is 0 Å². The van der Waals surface area contributed by atoms with Crippen LogP contribution in [0.3, 0.4) is 0 Å². The number of hydrogen-bond acceptors (Lipinski definition) is 1. The number of carboxylic acid groups (broad SMARTS) is 1. The van der Waals surface area contributed by atoms with Gasteiger partial charge in [-0.25, -0.2) is 4.79 Å². The molecular weight excluding hydrogens is 323 g/mol. The summed E-state index contributed by atoms with van der Waals surface area (Å²) >= 11 is 12.1. The van der Waals surface area contributed by atoms with Gasteiger partial charge in [0.05, 0.1) is 5.56 Å². The van der Waals surface area contributed by atoms with Crippen LogP contribution < -0.4 is 0 Å². The summed E-state index contributed by atoms with van der Waals surface area (Å²) in [6.07, 6.45) is 0. The molecule has 0 atom stereocenters. The number of aromatic carboxylic acids is 1. The van der Waals surface area contributed by atoms with Crippen molar-refractivity contribution < 1.29 is 9.90 Å². The normalized spacial score (nSPS) is 10.1. The third kappa shape index (κ3) is 2.45. The molecule has 13 heavy (non-hydrogen) atoms. The highest BCUT2D eigenvalue weighted by Gasteiger charge is 2.13. The summed E-state index contributed by atoms with van der Waals surface area (Å²) in [5.74, 6) is -0.798. The van der Waals surface area contributed by atoms with Crippen molar-refractivity contribution in [3.8, 4) is 0 Å². The van der Waals surface area contributed by atoms with E-state index in [1.807, 2.05) is 0 Å².